The zero-order valence-corrected chi connectivity index (χ0v) is 11.9. The molecule has 0 aliphatic heterocycles. The molecule has 1 heterocycles. The number of aromatic nitrogens is 1. The van der Waals surface area contributed by atoms with Gasteiger partial charge in [-0.3, -0.25) is 5.32 Å². The highest BCUT2D eigenvalue weighted by Crippen LogP contribution is 2.23. The molecule has 20 heavy (non-hydrogen) atoms. The first kappa shape index (κ1) is 14.1. The molecule has 0 fully saturated rings. The number of amides is 1. The number of nitrogens with zero attached hydrogens (tertiary/aromatic N) is 1. The molecular formula is C14H14ClN3O2. The lowest BCUT2D eigenvalue weighted by Gasteiger charge is -2.08. The third-order valence-electron chi connectivity index (χ3n) is 2.64. The number of hydrogen-bond donors (Lipinski definition) is 2. The molecule has 0 atom stereocenters. The summed E-state index contributed by atoms with van der Waals surface area (Å²) < 4.78 is 4.48. The molecule has 6 heteroatoms. The van der Waals surface area contributed by atoms with E-state index >= 15 is 0 Å². The number of halogens is 1. The molecule has 0 spiro atoms. The van der Waals surface area contributed by atoms with Crippen molar-refractivity contribution in [1.82, 2.24) is 4.98 Å². The van der Waals surface area contributed by atoms with Gasteiger partial charge in [0.2, 0.25) is 0 Å². The molecule has 104 valence electrons. The summed E-state index contributed by atoms with van der Waals surface area (Å²) in [5.74, 6) is 0.421. The van der Waals surface area contributed by atoms with E-state index in [4.69, 9.17) is 11.6 Å². The number of nitrogens with one attached hydrogen (secondary N) is 2. The second-order valence-electron chi connectivity index (χ2n) is 4.14. The fourth-order valence-corrected chi connectivity index (χ4v) is 1.72. The van der Waals surface area contributed by atoms with Crippen molar-refractivity contribution in [3.05, 3.63) is 47.1 Å². The summed E-state index contributed by atoms with van der Waals surface area (Å²) in [6.45, 7) is 1.95. The van der Waals surface area contributed by atoms with Gasteiger partial charge in [0, 0.05) is 10.7 Å². The highest BCUT2D eigenvalue weighted by molar-refractivity contribution is 6.31. The summed E-state index contributed by atoms with van der Waals surface area (Å²) in [4.78, 5) is 15.1. The zero-order chi connectivity index (χ0) is 14.5. The Balaban J connectivity index is 2.06. The van der Waals surface area contributed by atoms with Gasteiger partial charge in [-0.15, -0.1) is 0 Å². The smallest absolute Gasteiger partial charge is 0.412 e. The zero-order valence-electron chi connectivity index (χ0n) is 11.1. The Kier molecular flexibility index (Phi) is 4.42. The maximum absolute atomic E-state index is 11.0. The molecular weight excluding hydrogens is 278 g/mol. The lowest BCUT2D eigenvalue weighted by Crippen LogP contribution is -2.11. The normalized spacial score (nSPS) is 9.95. The van der Waals surface area contributed by atoms with E-state index in [9.17, 15) is 4.79 Å². The van der Waals surface area contributed by atoms with Crippen molar-refractivity contribution in [2.24, 2.45) is 0 Å². The van der Waals surface area contributed by atoms with Gasteiger partial charge in [0.05, 0.1) is 19.0 Å². The number of anilines is 3. The van der Waals surface area contributed by atoms with Gasteiger partial charge in [0.25, 0.3) is 0 Å². The van der Waals surface area contributed by atoms with Crippen molar-refractivity contribution >= 4 is 34.9 Å². The molecule has 0 saturated carbocycles. The number of carbonyl (C=O) groups is 1. The van der Waals surface area contributed by atoms with Crippen LogP contribution in [-0.4, -0.2) is 18.2 Å². The van der Waals surface area contributed by atoms with Crippen LogP contribution in [0.3, 0.4) is 0 Å². The highest BCUT2D eigenvalue weighted by atomic mass is 35.5. The van der Waals surface area contributed by atoms with Crippen molar-refractivity contribution in [2.75, 3.05) is 17.7 Å². The van der Waals surface area contributed by atoms with Crippen LogP contribution in [0.25, 0.3) is 0 Å². The Morgan fingerprint density at radius 3 is 2.60 bits per heavy atom. The second-order valence-corrected chi connectivity index (χ2v) is 4.54. The Morgan fingerprint density at radius 2 is 2.00 bits per heavy atom. The van der Waals surface area contributed by atoms with E-state index in [0.717, 1.165) is 16.9 Å². The van der Waals surface area contributed by atoms with Crippen LogP contribution in [-0.2, 0) is 4.74 Å². The molecule has 0 unspecified atom stereocenters. The minimum Gasteiger partial charge on any atom is -0.453 e. The van der Waals surface area contributed by atoms with Crippen molar-refractivity contribution in [2.45, 2.75) is 6.92 Å². The first-order valence-corrected chi connectivity index (χ1v) is 6.30. The van der Waals surface area contributed by atoms with Crippen molar-refractivity contribution in [3.63, 3.8) is 0 Å². The molecule has 0 saturated heterocycles. The van der Waals surface area contributed by atoms with E-state index < -0.39 is 6.09 Å². The third kappa shape index (κ3) is 3.61. The van der Waals surface area contributed by atoms with Gasteiger partial charge < -0.3 is 10.1 Å². The second kappa shape index (κ2) is 6.25. The van der Waals surface area contributed by atoms with Crippen LogP contribution in [0.1, 0.15) is 5.56 Å². The molecule has 0 aliphatic carbocycles. The standard InChI is InChI=1S/C14H14ClN3O2/c1-9-3-4-10(7-12(9)15)17-11-5-6-13(16-8-11)18-14(19)20-2/h3-8,17H,1-2H3,(H,16,18,19). The average molecular weight is 292 g/mol. The maximum Gasteiger partial charge on any atom is 0.412 e. The van der Waals surface area contributed by atoms with Gasteiger partial charge in [-0.05, 0) is 36.8 Å². The van der Waals surface area contributed by atoms with Crippen molar-refractivity contribution < 1.29 is 9.53 Å². The predicted molar refractivity (Wildman–Crippen MR) is 79.7 cm³/mol. The topological polar surface area (TPSA) is 63.2 Å². The Morgan fingerprint density at radius 1 is 1.25 bits per heavy atom. The summed E-state index contributed by atoms with van der Waals surface area (Å²) >= 11 is 6.06. The van der Waals surface area contributed by atoms with Crippen molar-refractivity contribution in [1.29, 1.82) is 0 Å². The van der Waals surface area contributed by atoms with Crippen LogP contribution in [0.4, 0.5) is 22.0 Å². The molecule has 1 aromatic heterocycles. The number of pyridine rings is 1. The number of ether oxygens (including phenoxy) is 1. The third-order valence-corrected chi connectivity index (χ3v) is 3.05. The number of carbonyl (C=O) groups excluding carboxylic acids is 1. The molecule has 0 radical (unpaired) electrons. The summed E-state index contributed by atoms with van der Waals surface area (Å²) in [5, 5.41) is 6.35. The van der Waals surface area contributed by atoms with Crippen LogP contribution in [0, 0.1) is 6.92 Å². The minimum atomic E-state index is -0.552. The van der Waals surface area contributed by atoms with E-state index in [1.165, 1.54) is 7.11 Å². The quantitative estimate of drug-likeness (QED) is 0.898. The highest BCUT2D eigenvalue weighted by Gasteiger charge is 2.02. The van der Waals surface area contributed by atoms with Crippen LogP contribution in [0.2, 0.25) is 5.02 Å². The summed E-state index contributed by atoms with van der Waals surface area (Å²) in [6.07, 6.45) is 1.06. The van der Waals surface area contributed by atoms with E-state index in [-0.39, 0.29) is 0 Å². The summed E-state index contributed by atoms with van der Waals surface area (Å²) in [6, 6.07) is 9.19. The van der Waals surface area contributed by atoms with Gasteiger partial charge in [-0.2, -0.15) is 0 Å². The first-order valence-electron chi connectivity index (χ1n) is 5.92. The van der Waals surface area contributed by atoms with E-state index in [1.807, 2.05) is 25.1 Å². The maximum atomic E-state index is 11.0. The number of aryl methyl sites for hydroxylation is 1. The van der Waals surface area contributed by atoms with Crippen LogP contribution < -0.4 is 10.6 Å². The van der Waals surface area contributed by atoms with Crippen LogP contribution in [0.5, 0.6) is 0 Å². The van der Waals surface area contributed by atoms with Crippen LogP contribution in [0.15, 0.2) is 36.5 Å². The number of methoxy groups -OCH3 is 1. The molecule has 2 rings (SSSR count). The van der Waals surface area contributed by atoms with Gasteiger partial charge in [0.1, 0.15) is 5.82 Å². The van der Waals surface area contributed by atoms with Gasteiger partial charge in [-0.1, -0.05) is 17.7 Å². The van der Waals surface area contributed by atoms with Gasteiger partial charge in [0.15, 0.2) is 0 Å². The first-order chi connectivity index (χ1) is 9.58. The van der Waals surface area contributed by atoms with E-state index in [0.29, 0.717) is 10.8 Å². The number of hydrogen-bond acceptors (Lipinski definition) is 4. The average Bonchev–Trinajstić information content (AvgIpc) is 2.45. The summed E-state index contributed by atoms with van der Waals surface area (Å²) in [5.41, 5.74) is 2.68. The predicted octanol–water partition coefficient (Wildman–Crippen LogP) is 3.97. The van der Waals surface area contributed by atoms with E-state index in [1.54, 1.807) is 18.3 Å². The Hall–Kier alpha value is -2.27. The van der Waals surface area contributed by atoms with Crippen molar-refractivity contribution in [3.8, 4) is 0 Å². The molecule has 1 aromatic carbocycles. The molecule has 0 bridgehead atoms. The minimum absolute atomic E-state index is 0.421. The van der Waals surface area contributed by atoms with Gasteiger partial charge >= 0.3 is 6.09 Å². The van der Waals surface area contributed by atoms with Crippen LogP contribution >= 0.6 is 11.6 Å². The monoisotopic (exact) mass is 291 g/mol. The molecule has 0 aliphatic rings. The Bertz CT molecular complexity index is 614. The molecule has 2 aromatic rings. The molecule has 2 N–H and O–H groups in total. The number of rotatable bonds is 3. The SMILES string of the molecule is COC(=O)Nc1ccc(Nc2ccc(C)c(Cl)c2)cn1. The summed E-state index contributed by atoms with van der Waals surface area (Å²) in [7, 11) is 1.30. The lowest BCUT2D eigenvalue weighted by atomic mass is 10.2. The fourth-order valence-electron chi connectivity index (χ4n) is 1.53. The largest absolute Gasteiger partial charge is 0.453 e. The molecule has 1 amide bonds. The molecule has 5 nitrogen and oxygen atoms in total. The van der Waals surface area contributed by atoms with E-state index in [2.05, 4.69) is 20.4 Å². The fraction of sp³-hybridized carbons (Fsp3) is 0.143. The van der Waals surface area contributed by atoms with Gasteiger partial charge in [-0.25, -0.2) is 9.78 Å². The number of benzene rings is 1. The Labute approximate surface area is 121 Å². The lowest BCUT2D eigenvalue weighted by molar-refractivity contribution is 0.187.